The Labute approximate surface area is 111 Å². The van der Waals surface area contributed by atoms with Crippen LogP contribution in [0.4, 0.5) is 11.8 Å². The Kier molecular flexibility index (Phi) is 5.68. The first-order valence-electron chi connectivity index (χ1n) is 6.04. The zero-order valence-corrected chi connectivity index (χ0v) is 12.5. The molecule has 0 aliphatic carbocycles. The van der Waals surface area contributed by atoms with E-state index < -0.39 is 10.3 Å². The van der Waals surface area contributed by atoms with Gasteiger partial charge in [0.2, 0.25) is 5.95 Å². The lowest BCUT2D eigenvalue weighted by Crippen LogP contribution is -2.09. The van der Waals surface area contributed by atoms with E-state index in [1.807, 2.05) is 13.0 Å². The number of nitrogens with zero attached hydrogens (tertiary/aromatic N) is 2. The molecular weight excluding hydrogens is 248 g/mol. The largest absolute Gasteiger partial charge is 0.370 e. The fraction of sp³-hybridized carbons (Fsp3) is 0.667. The highest BCUT2D eigenvalue weighted by Gasteiger charge is 2.08. The van der Waals surface area contributed by atoms with Gasteiger partial charge in [-0.25, -0.2) is 4.98 Å². The standard InChI is InChI=1S/C12H24N4OS/c1-10-9-11(16-12(13)15-10)14-7-5-6-8-18(3,4)17-2/h9H,5-8H2,1-4H3,(H3,13,14,15,16). The zero-order valence-electron chi connectivity index (χ0n) is 11.7. The molecule has 0 saturated carbocycles. The van der Waals surface area contributed by atoms with Crippen LogP contribution in [0.2, 0.25) is 0 Å². The normalized spacial score (nSPS) is 12.4. The summed E-state index contributed by atoms with van der Waals surface area (Å²) in [4.78, 5) is 8.17. The summed E-state index contributed by atoms with van der Waals surface area (Å²) in [5.41, 5.74) is 6.47. The molecule has 0 radical (unpaired) electrons. The van der Waals surface area contributed by atoms with Crippen molar-refractivity contribution in [1.82, 2.24) is 9.97 Å². The lowest BCUT2D eigenvalue weighted by atomic mass is 10.3. The van der Waals surface area contributed by atoms with Gasteiger partial charge in [-0.2, -0.15) is 4.98 Å². The predicted octanol–water partition coefficient (Wildman–Crippen LogP) is 2.18. The minimum absolute atomic E-state index is 0.322. The SMILES string of the molecule is COS(C)(C)CCCCNc1cc(C)nc(N)n1. The minimum Gasteiger partial charge on any atom is -0.370 e. The van der Waals surface area contributed by atoms with Gasteiger partial charge < -0.3 is 15.2 Å². The van der Waals surface area contributed by atoms with Gasteiger partial charge in [-0.05, 0) is 38.0 Å². The van der Waals surface area contributed by atoms with Gasteiger partial charge in [-0.3, -0.25) is 0 Å². The molecule has 0 spiro atoms. The maximum Gasteiger partial charge on any atom is 0.222 e. The van der Waals surface area contributed by atoms with Crippen LogP contribution in [-0.4, -0.2) is 41.9 Å². The van der Waals surface area contributed by atoms with Crippen molar-refractivity contribution in [2.75, 3.05) is 43.0 Å². The van der Waals surface area contributed by atoms with Crippen molar-refractivity contribution < 1.29 is 4.18 Å². The second-order valence-electron chi connectivity index (χ2n) is 4.69. The Balaban J connectivity index is 2.26. The van der Waals surface area contributed by atoms with Gasteiger partial charge >= 0.3 is 0 Å². The van der Waals surface area contributed by atoms with Crippen molar-refractivity contribution in [2.45, 2.75) is 19.8 Å². The van der Waals surface area contributed by atoms with Crippen LogP contribution in [0.1, 0.15) is 18.5 Å². The molecule has 0 aliphatic rings. The molecule has 0 atom stereocenters. The van der Waals surface area contributed by atoms with Crippen molar-refractivity contribution >= 4 is 22.1 Å². The molecule has 0 saturated heterocycles. The third kappa shape index (κ3) is 5.55. The Bertz CT molecular complexity index is 364. The zero-order chi connectivity index (χ0) is 13.6. The molecule has 0 unspecified atom stereocenters. The number of nitrogens with two attached hydrogens (primary N) is 1. The summed E-state index contributed by atoms with van der Waals surface area (Å²) in [6.07, 6.45) is 6.63. The Hall–Kier alpha value is -1.01. The van der Waals surface area contributed by atoms with E-state index in [-0.39, 0.29) is 0 Å². The summed E-state index contributed by atoms with van der Waals surface area (Å²) >= 11 is 0. The van der Waals surface area contributed by atoms with Crippen LogP contribution in [0.25, 0.3) is 0 Å². The first-order chi connectivity index (χ1) is 8.43. The van der Waals surface area contributed by atoms with Crippen LogP contribution >= 0.6 is 10.3 Å². The van der Waals surface area contributed by atoms with Crippen LogP contribution in [0.5, 0.6) is 0 Å². The van der Waals surface area contributed by atoms with Gasteiger partial charge in [-0.1, -0.05) is 0 Å². The maximum absolute atomic E-state index is 5.59. The monoisotopic (exact) mass is 272 g/mol. The predicted molar refractivity (Wildman–Crippen MR) is 80.2 cm³/mol. The lowest BCUT2D eigenvalue weighted by molar-refractivity contribution is 0.469. The summed E-state index contributed by atoms with van der Waals surface area (Å²) in [5, 5.41) is 3.27. The molecule has 1 rings (SSSR count). The fourth-order valence-corrected chi connectivity index (χ4v) is 2.62. The average Bonchev–Trinajstić information content (AvgIpc) is 2.27. The summed E-state index contributed by atoms with van der Waals surface area (Å²) in [5.74, 6) is 2.26. The fourth-order valence-electron chi connectivity index (χ4n) is 1.56. The third-order valence-corrected chi connectivity index (χ3v) is 4.87. The maximum atomic E-state index is 5.59. The highest BCUT2D eigenvalue weighted by atomic mass is 32.3. The number of anilines is 2. The van der Waals surface area contributed by atoms with E-state index in [0.717, 1.165) is 36.7 Å². The van der Waals surface area contributed by atoms with E-state index in [1.54, 1.807) is 7.11 Å². The van der Waals surface area contributed by atoms with E-state index in [0.29, 0.717) is 5.95 Å². The number of hydrogen-bond donors (Lipinski definition) is 2. The second kappa shape index (κ2) is 6.80. The Morgan fingerprint density at radius 3 is 2.67 bits per heavy atom. The average molecular weight is 272 g/mol. The van der Waals surface area contributed by atoms with E-state index in [2.05, 4.69) is 27.8 Å². The molecule has 0 amide bonds. The van der Waals surface area contributed by atoms with Gasteiger partial charge in [0, 0.05) is 25.4 Å². The first kappa shape index (κ1) is 15.0. The molecule has 0 aromatic carbocycles. The van der Waals surface area contributed by atoms with Crippen LogP contribution in [0.15, 0.2) is 6.07 Å². The number of nitrogen functional groups attached to an aromatic ring is 1. The first-order valence-corrected chi connectivity index (χ1v) is 8.59. The van der Waals surface area contributed by atoms with Crippen molar-refractivity contribution in [2.24, 2.45) is 0 Å². The summed E-state index contributed by atoms with van der Waals surface area (Å²) in [6.45, 7) is 2.81. The second-order valence-corrected chi connectivity index (χ2v) is 8.31. The number of rotatable bonds is 7. The number of aromatic nitrogens is 2. The van der Waals surface area contributed by atoms with Crippen molar-refractivity contribution in [3.05, 3.63) is 11.8 Å². The lowest BCUT2D eigenvalue weighted by Gasteiger charge is -2.28. The molecule has 0 fully saturated rings. The van der Waals surface area contributed by atoms with Crippen molar-refractivity contribution in [1.29, 1.82) is 0 Å². The smallest absolute Gasteiger partial charge is 0.222 e. The number of hydrogen-bond acceptors (Lipinski definition) is 5. The molecular formula is C12H24N4OS. The van der Waals surface area contributed by atoms with E-state index in [1.165, 1.54) is 0 Å². The third-order valence-electron chi connectivity index (χ3n) is 2.69. The molecule has 1 aromatic heterocycles. The highest BCUT2D eigenvalue weighted by Crippen LogP contribution is 2.40. The van der Waals surface area contributed by atoms with E-state index >= 15 is 0 Å². The van der Waals surface area contributed by atoms with Crippen molar-refractivity contribution in [3.8, 4) is 0 Å². The number of nitrogens with one attached hydrogen (secondary N) is 1. The number of aryl methyl sites for hydroxylation is 1. The van der Waals surface area contributed by atoms with Crippen molar-refractivity contribution in [3.63, 3.8) is 0 Å². The van der Waals surface area contributed by atoms with Gasteiger partial charge in [-0.15, -0.1) is 10.3 Å². The molecule has 6 heteroatoms. The number of unbranched alkanes of at least 4 members (excludes halogenated alkanes) is 1. The van der Waals surface area contributed by atoms with Crippen LogP contribution in [0.3, 0.4) is 0 Å². The van der Waals surface area contributed by atoms with Crippen LogP contribution < -0.4 is 11.1 Å². The molecule has 104 valence electrons. The topological polar surface area (TPSA) is 73.1 Å². The summed E-state index contributed by atoms with van der Waals surface area (Å²) < 4.78 is 5.46. The molecule has 3 N–H and O–H groups in total. The molecule has 1 aromatic rings. The highest BCUT2D eigenvalue weighted by molar-refractivity contribution is 8.28. The van der Waals surface area contributed by atoms with Gasteiger partial charge in [0.15, 0.2) is 0 Å². The van der Waals surface area contributed by atoms with Gasteiger partial charge in [0.05, 0.1) is 0 Å². The molecule has 0 bridgehead atoms. The minimum atomic E-state index is -0.851. The molecule has 0 aliphatic heterocycles. The van der Waals surface area contributed by atoms with Crippen LogP contribution in [0, 0.1) is 6.92 Å². The quantitative estimate of drug-likeness (QED) is 0.744. The molecule has 18 heavy (non-hydrogen) atoms. The van der Waals surface area contributed by atoms with Gasteiger partial charge in [0.25, 0.3) is 0 Å². The Morgan fingerprint density at radius 1 is 1.33 bits per heavy atom. The van der Waals surface area contributed by atoms with E-state index in [4.69, 9.17) is 9.92 Å². The molecule has 1 heterocycles. The summed E-state index contributed by atoms with van der Waals surface area (Å²) in [7, 11) is 0.940. The molecule has 5 nitrogen and oxygen atoms in total. The Morgan fingerprint density at radius 2 is 2.06 bits per heavy atom. The van der Waals surface area contributed by atoms with E-state index in [9.17, 15) is 0 Å². The van der Waals surface area contributed by atoms with Crippen LogP contribution in [-0.2, 0) is 4.18 Å². The van der Waals surface area contributed by atoms with Gasteiger partial charge in [0.1, 0.15) is 5.82 Å². The summed E-state index contributed by atoms with van der Waals surface area (Å²) in [6, 6.07) is 1.90.